The van der Waals surface area contributed by atoms with Crippen LogP contribution in [0.5, 0.6) is 0 Å². The maximum absolute atomic E-state index is 12.4. The largest absolute Gasteiger partial charge is 0.452 e. The van der Waals surface area contributed by atoms with Crippen LogP contribution in [0, 0.1) is 19.8 Å². The molecule has 0 saturated heterocycles. The molecule has 1 aromatic carbocycles. The zero-order valence-corrected chi connectivity index (χ0v) is 16.2. The van der Waals surface area contributed by atoms with Crippen LogP contribution in [-0.2, 0) is 16.1 Å². The minimum atomic E-state index is -0.468. The van der Waals surface area contributed by atoms with E-state index in [1.807, 2.05) is 58.9 Å². The van der Waals surface area contributed by atoms with Crippen molar-refractivity contribution in [2.24, 2.45) is 5.92 Å². The standard InChI is InChI=1S/C21H28N2O3/c1-14(2)16(4)22-20(24)13-26-21(25)19-11-15(3)23(17(19)5)12-18-9-7-6-8-10-18/h6-11,14,16H,12-13H2,1-5H3,(H,22,24)/t16-/m1/s1. The van der Waals surface area contributed by atoms with Gasteiger partial charge in [0.15, 0.2) is 6.61 Å². The van der Waals surface area contributed by atoms with Crippen LogP contribution >= 0.6 is 0 Å². The van der Waals surface area contributed by atoms with Crippen LogP contribution in [0.4, 0.5) is 0 Å². The third-order valence-electron chi connectivity index (χ3n) is 4.70. The molecular weight excluding hydrogens is 328 g/mol. The van der Waals surface area contributed by atoms with Crippen LogP contribution in [0.2, 0.25) is 0 Å². The van der Waals surface area contributed by atoms with E-state index in [4.69, 9.17) is 4.74 Å². The van der Waals surface area contributed by atoms with Crippen molar-refractivity contribution in [1.82, 2.24) is 9.88 Å². The summed E-state index contributed by atoms with van der Waals surface area (Å²) in [5, 5.41) is 2.83. The molecule has 2 aromatic rings. The normalized spacial score (nSPS) is 12.1. The van der Waals surface area contributed by atoms with Crippen LogP contribution in [0.3, 0.4) is 0 Å². The van der Waals surface area contributed by atoms with Crippen LogP contribution < -0.4 is 5.32 Å². The van der Waals surface area contributed by atoms with E-state index in [9.17, 15) is 9.59 Å². The number of hydrogen-bond acceptors (Lipinski definition) is 3. The highest BCUT2D eigenvalue weighted by Crippen LogP contribution is 2.18. The maximum atomic E-state index is 12.4. The number of nitrogens with one attached hydrogen (secondary N) is 1. The lowest BCUT2D eigenvalue weighted by Gasteiger charge is -2.17. The predicted octanol–water partition coefficient (Wildman–Crippen LogP) is 3.47. The molecule has 0 aliphatic rings. The Bertz CT molecular complexity index is 763. The van der Waals surface area contributed by atoms with Gasteiger partial charge in [0.05, 0.1) is 5.56 Å². The van der Waals surface area contributed by atoms with Gasteiger partial charge in [0.25, 0.3) is 5.91 Å². The Morgan fingerprint density at radius 3 is 2.38 bits per heavy atom. The van der Waals surface area contributed by atoms with E-state index in [2.05, 4.69) is 22.0 Å². The van der Waals surface area contributed by atoms with Gasteiger partial charge >= 0.3 is 5.97 Å². The van der Waals surface area contributed by atoms with Crippen LogP contribution in [0.25, 0.3) is 0 Å². The first-order chi connectivity index (χ1) is 12.3. The minimum absolute atomic E-state index is 0.0390. The number of carbonyl (C=O) groups is 2. The lowest BCUT2D eigenvalue weighted by atomic mass is 10.1. The summed E-state index contributed by atoms with van der Waals surface area (Å²) in [6.07, 6.45) is 0. The number of aromatic nitrogens is 1. The Morgan fingerprint density at radius 1 is 1.12 bits per heavy atom. The molecule has 140 valence electrons. The van der Waals surface area contributed by atoms with Gasteiger partial charge in [-0.25, -0.2) is 4.79 Å². The highest BCUT2D eigenvalue weighted by Gasteiger charge is 2.19. The summed E-state index contributed by atoms with van der Waals surface area (Å²) in [6.45, 7) is 10.3. The summed E-state index contributed by atoms with van der Waals surface area (Å²) in [4.78, 5) is 24.3. The van der Waals surface area contributed by atoms with Gasteiger partial charge in [-0.05, 0) is 38.3 Å². The molecule has 0 aliphatic carbocycles. The van der Waals surface area contributed by atoms with Gasteiger partial charge in [-0.15, -0.1) is 0 Å². The van der Waals surface area contributed by atoms with Crippen molar-refractivity contribution in [2.45, 2.75) is 47.2 Å². The number of ether oxygens (including phenoxy) is 1. The summed E-state index contributed by atoms with van der Waals surface area (Å²) < 4.78 is 7.28. The fraction of sp³-hybridized carbons (Fsp3) is 0.429. The molecule has 26 heavy (non-hydrogen) atoms. The Hall–Kier alpha value is -2.56. The van der Waals surface area contributed by atoms with Gasteiger partial charge in [0.2, 0.25) is 0 Å². The Labute approximate surface area is 155 Å². The lowest BCUT2D eigenvalue weighted by Crippen LogP contribution is -2.38. The topological polar surface area (TPSA) is 60.3 Å². The maximum Gasteiger partial charge on any atom is 0.340 e. The monoisotopic (exact) mass is 356 g/mol. The number of esters is 1. The number of hydrogen-bond donors (Lipinski definition) is 1. The highest BCUT2D eigenvalue weighted by atomic mass is 16.5. The zero-order chi connectivity index (χ0) is 19.3. The summed E-state index contributed by atoms with van der Waals surface area (Å²) >= 11 is 0. The lowest BCUT2D eigenvalue weighted by molar-refractivity contribution is -0.125. The molecule has 2 rings (SSSR count). The second-order valence-corrected chi connectivity index (χ2v) is 7.03. The van der Waals surface area contributed by atoms with Crippen molar-refractivity contribution >= 4 is 11.9 Å². The molecule has 1 atom stereocenters. The summed E-state index contributed by atoms with van der Waals surface area (Å²) in [5.74, 6) is -0.422. The van der Waals surface area contributed by atoms with Crippen molar-refractivity contribution in [3.63, 3.8) is 0 Å². The molecule has 5 nitrogen and oxygen atoms in total. The number of benzene rings is 1. The molecule has 0 radical (unpaired) electrons. The van der Waals surface area contributed by atoms with Crippen molar-refractivity contribution in [3.8, 4) is 0 Å². The smallest absolute Gasteiger partial charge is 0.340 e. The number of rotatable bonds is 7. The van der Waals surface area contributed by atoms with E-state index >= 15 is 0 Å². The second kappa shape index (κ2) is 8.70. The van der Waals surface area contributed by atoms with Crippen LogP contribution in [0.15, 0.2) is 36.4 Å². The quantitative estimate of drug-likeness (QED) is 0.773. The fourth-order valence-corrected chi connectivity index (χ4v) is 2.69. The number of amides is 1. The average Bonchev–Trinajstić information content (AvgIpc) is 2.88. The third-order valence-corrected chi connectivity index (χ3v) is 4.70. The molecule has 1 amide bonds. The molecule has 1 aromatic heterocycles. The van der Waals surface area contributed by atoms with E-state index in [1.165, 1.54) is 0 Å². The minimum Gasteiger partial charge on any atom is -0.452 e. The average molecular weight is 356 g/mol. The van der Waals surface area contributed by atoms with Gasteiger partial charge in [0.1, 0.15) is 0 Å². The first kappa shape index (κ1) is 19.8. The first-order valence-corrected chi connectivity index (χ1v) is 8.96. The molecule has 5 heteroatoms. The van der Waals surface area contributed by atoms with E-state index < -0.39 is 5.97 Å². The Kier molecular flexibility index (Phi) is 6.61. The van der Waals surface area contributed by atoms with E-state index in [0.717, 1.165) is 17.0 Å². The van der Waals surface area contributed by atoms with E-state index in [-0.39, 0.29) is 18.6 Å². The number of nitrogens with zero attached hydrogens (tertiary/aromatic N) is 1. The van der Waals surface area contributed by atoms with E-state index in [1.54, 1.807) is 0 Å². The fourth-order valence-electron chi connectivity index (χ4n) is 2.69. The molecule has 0 unspecified atom stereocenters. The number of aryl methyl sites for hydroxylation is 1. The molecule has 0 fully saturated rings. The van der Waals surface area contributed by atoms with Gasteiger partial charge in [-0.3, -0.25) is 4.79 Å². The summed E-state index contributed by atoms with van der Waals surface area (Å²) in [5.41, 5.74) is 3.49. The van der Waals surface area contributed by atoms with Crippen molar-refractivity contribution in [2.75, 3.05) is 6.61 Å². The SMILES string of the molecule is Cc1cc(C(=O)OCC(=O)N[C@H](C)C(C)C)c(C)n1Cc1ccccc1. The summed E-state index contributed by atoms with van der Waals surface area (Å²) in [7, 11) is 0. The summed E-state index contributed by atoms with van der Waals surface area (Å²) in [6, 6.07) is 11.9. The molecular formula is C21H28N2O3. The van der Waals surface area contributed by atoms with Crippen molar-refractivity contribution in [3.05, 3.63) is 58.9 Å². The molecule has 1 N–H and O–H groups in total. The van der Waals surface area contributed by atoms with E-state index in [0.29, 0.717) is 18.0 Å². The zero-order valence-electron chi connectivity index (χ0n) is 16.2. The molecule has 0 saturated carbocycles. The van der Waals surface area contributed by atoms with Crippen LogP contribution in [0.1, 0.15) is 48.1 Å². The molecule has 0 bridgehead atoms. The third kappa shape index (κ3) is 4.97. The molecule has 0 spiro atoms. The Morgan fingerprint density at radius 2 is 1.77 bits per heavy atom. The van der Waals surface area contributed by atoms with Gasteiger partial charge in [0, 0.05) is 24.0 Å². The first-order valence-electron chi connectivity index (χ1n) is 8.96. The molecule has 1 heterocycles. The van der Waals surface area contributed by atoms with Crippen LogP contribution in [-0.4, -0.2) is 29.1 Å². The van der Waals surface area contributed by atoms with Gasteiger partial charge in [-0.2, -0.15) is 0 Å². The van der Waals surface area contributed by atoms with Gasteiger partial charge in [-0.1, -0.05) is 44.2 Å². The predicted molar refractivity (Wildman–Crippen MR) is 102 cm³/mol. The van der Waals surface area contributed by atoms with Crippen molar-refractivity contribution < 1.29 is 14.3 Å². The number of carbonyl (C=O) groups excluding carboxylic acids is 2. The van der Waals surface area contributed by atoms with Gasteiger partial charge < -0.3 is 14.6 Å². The Balaban J connectivity index is 2.01. The van der Waals surface area contributed by atoms with Crippen molar-refractivity contribution in [1.29, 1.82) is 0 Å². The second-order valence-electron chi connectivity index (χ2n) is 7.03. The molecule has 0 aliphatic heterocycles. The highest BCUT2D eigenvalue weighted by molar-refractivity contribution is 5.92.